The van der Waals surface area contributed by atoms with Gasteiger partial charge in [0.1, 0.15) is 0 Å². The van der Waals surface area contributed by atoms with Crippen LogP contribution in [0.5, 0.6) is 0 Å². The SMILES string of the molecule is CCCCC(=O)Nc1nnc(S(=O)(=O)N(C)c2cccc(C)c2)s1. The molecule has 0 fully saturated rings. The van der Waals surface area contributed by atoms with Crippen molar-refractivity contribution in [3.8, 4) is 0 Å². The number of hydrogen-bond donors (Lipinski definition) is 1. The molecule has 1 aromatic heterocycles. The minimum absolute atomic E-state index is 0.155. The van der Waals surface area contributed by atoms with Crippen molar-refractivity contribution in [2.24, 2.45) is 0 Å². The highest BCUT2D eigenvalue weighted by Crippen LogP contribution is 2.26. The first-order valence-electron chi connectivity index (χ1n) is 7.53. The molecule has 0 saturated carbocycles. The highest BCUT2D eigenvalue weighted by molar-refractivity contribution is 7.94. The number of amides is 1. The van der Waals surface area contributed by atoms with Gasteiger partial charge in [0.2, 0.25) is 11.0 Å². The number of nitrogens with one attached hydrogen (secondary N) is 1. The molecular formula is C15H20N4O3S2. The average molecular weight is 368 g/mol. The molecule has 0 saturated heterocycles. The monoisotopic (exact) mass is 368 g/mol. The van der Waals surface area contributed by atoms with Crippen LogP contribution in [0.25, 0.3) is 0 Å². The Bertz CT molecular complexity index is 818. The first-order valence-corrected chi connectivity index (χ1v) is 9.79. The van der Waals surface area contributed by atoms with Crippen molar-refractivity contribution in [1.29, 1.82) is 0 Å². The zero-order valence-electron chi connectivity index (χ0n) is 13.8. The van der Waals surface area contributed by atoms with Gasteiger partial charge < -0.3 is 5.32 Å². The smallest absolute Gasteiger partial charge is 0.293 e. The molecule has 7 nitrogen and oxygen atoms in total. The predicted octanol–water partition coefficient (Wildman–Crippen LogP) is 2.80. The number of carbonyl (C=O) groups excluding carboxylic acids is 1. The fraction of sp³-hybridized carbons (Fsp3) is 0.400. The van der Waals surface area contributed by atoms with Gasteiger partial charge in [-0.25, -0.2) is 0 Å². The van der Waals surface area contributed by atoms with E-state index in [2.05, 4.69) is 15.5 Å². The number of unbranched alkanes of at least 4 members (excludes halogenated alkanes) is 1. The molecule has 0 atom stereocenters. The maximum atomic E-state index is 12.6. The molecule has 0 aliphatic carbocycles. The highest BCUT2D eigenvalue weighted by Gasteiger charge is 2.26. The minimum Gasteiger partial charge on any atom is -0.301 e. The third-order valence-electron chi connectivity index (χ3n) is 3.36. The number of aryl methyl sites for hydroxylation is 1. The van der Waals surface area contributed by atoms with Gasteiger partial charge in [0, 0.05) is 13.5 Å². The van der Waals surface area contributed by atoms with Crippen molar-refractivity contribution < 1.29 is 13.2 Å². The highest BCUT2D eigenvalue weighted by atomic mass is 32.2. The van der Waals surface area contributed by atoms with Crippen molar-refractivity contribution in [2.45, 2.75) is 37.4 Å². The van der Waals surface area contributed by atoms with Gasteiger partial charge in [0.25, 0.3) is 14.4 Å². The summed E-state index contributed by atoms with van der Waals surface area (Å²) in [6.45, 7) is 3.88. The Balaban J connectivity index is 2.17. The van der Waals surface area contributed by atoms with Crippen LogP contribution in [0.4, 0.5) is 10.8 Å². The molecule has 1 aromatic carbocycles. The van der Waals surface area contributed by atoms with E-state index in [-0.39, 0.29) is 15.4 Å². The van der Waals surface area contributed by atoms with E-state index in [1.165, 1.54) is 7.05 Å². The van der Waals surface area contributed by atoms with E-state index in [1.54, 1.807) is 18.2 Å². The number of aromatic nitrogens is 2. The van der Waals surface area contributed by atoms with Crippen LogP contribution in [-0.2, 0) is 14.8 Å². The Morgan fingerprint density at radius 3 is 2.75 bits per heavy atom. The van der Waals surface area contributed by atoms with Crippen LogP contribution in [-0.4, -0.2) is 31.6 Å². The lowest BCUT2D eigenvalue weighted by molar-refractivity contribution is -0.116. The number of carbonyl (C=O) groups is 1. The summed E-state index contributed by atoms with van der Waals surface area (Å²) >= 11 is 0.845. The molecule has 1 N–H and O–H groups in total. The van der Waals surface area contributed by atoms with Gasteiger partial charge in [-0.1, -0.05) is 36.8 Å². The molecule has 2 rings (SSSR count). The van der Waals surface area contributed by atoms with Crippen LogP contribution < -0.4 is 9.62 Å². The van der Waals surface area contributed by atoms with Crippen LogP contribution >= 0.6 is 11.3 Å². The van der Waals surface area contributed by atoms with Gasteiger partial charge in [-0.2, -0.15) is 8.42 Å². The van der Waals surface area contributed by atoms with Crippen molar-refractivity contribution in [3.63, 3.8) is 0 Å². The number of sulfonamides is 1. The van der Waals surface area contributed by atoms with E-state index in [4.69, 9.17) is 0 Å². The minimum atomic E-state index is -3.81. The van der Waals surface area contributed by atoms with Crippen molar-refractivity contribution in [3.05, 3.63) is 29.8 Å². The summed E-state index contributed by atoms with van der Waals surface area (Å²) in [7, 11) is -2.35. The van der Waals surface area contributed by atoms with Crippen LogP contribution in [0.15, 0.2) is 28.6 Å². The summed E-state index contributed by atoms with van der Waals surface area (Å²) in [5, 5.41) is 10.2. The van der Waals surface area contributed by atoms with Gasteiger partial charge in [-0.3, -0.25) is 9.10 Å². The molecule has 0 radical (unpaired) electrons. The second-order valence-corrected chi connectivity index (χ2v) is 8.46. The van der Waals surface area contributed by atoms with Crippen LogP contribution in [0.1, 0.15) is 31.7 Å². The average Bonchev–Trinajstić information content (AvgIpc) is 3.01. The molecule has 0 bridgehead atoms. The summed E-state index contributed by atoms with van der Waals surface area (Å²) in [5.74, 6) is -0.191. The second-order valence-electron chi connectivity index (χ2n) is 5.34. The maximum absolute atomic E-state index is 12.6. The second kappa shape index (κ2) is 7.71. The normalized spacial score (nSPS) is 11.3. The number of hydrogen-bond acceptors (Lipinski definition) is 6. The Morgan fingerprint density at radius 2 is 2.08 bits per heavy atom. The molecule has 2 aromatic rings. The van der Waals surface area contributed by atoms with Crippen LogP contribution in [0, 0.1) is 6.92 Å². The summed E-state index contributed by atoms with van der Waals surface area (Å²) in [6, 6.07) is 7.15. The summed E-state index contributed by atoms with van der Waals surface area (Å²) < 4.78 is 26.3. The van der Waals surface area contributed by atoms with E-state index in [9.17, 15) is 13.2 Å². The lowest BCUT2D eigenvalue weighted by Crippen LogP contribution is -2.26. The molecule has 0 aliphatic rings. The maximum Gasteiger partial charge on any atom is 0.293 e. The van der Waals surface area contributed by atoms with Crippen molar-refractivity contribution >= 4 is 38.1 Å². The standard InChI is InChI=1S/C15H20N4O3S2/c1-4-5-9-13(20)16-14-17-18-15(23-14)24(21,22)19(3)12-8-6-7-11(2)10-12/h6-8,10H,4-5,9H2,1-3H3,(H,16,17,20). The first kappa shape index (κ1) is 18.3. The predicted molar refractivity (Wildman–Crippen MR) is 94.8 cm³/mol. The molecule has 0 aliphatic heterocycles. The Kier molecular flexibility index (Phi) is 5.89. The molecule has 0 unspecified atom stereocenters. The van der Waals surface area contributed by atoms with Gasteiger partial charge in [-0.05, 0) is 31.0 Å². The van der Waals surface area contributed by atoms with Gasteiger partial charge in [-0.15, -0.1) is 10.2 Å². The Labute approximate surface area is 145 Å². The number of anilines is 2. The molecular weight excluding hydrogens is 348 g/mol. The third kappa shape index (κ3) is 4.30. The lowest BCUT2D eigenvalue weighted by atomic mass is 10.2. The zero-order valence-corrected chi connectivity index (χ0v) is 15.4. The number of rotatable bonds is 7. The van der Waals surface area contributed by atoms with Gasteiger partial charge in [0.15, 0.2) is 0 Å². The van der Waals surface area contributed by atoms with E-state index >= 15 is 0 Å². The summed E-state index contributed by atoms with van der Waals surface area (Å²) in [6.07, 6.45) is 2.05. The molecule has 0 spiro atoms. The fourth-order valence-electron chi connectivity index (χ4n) is 1.96. The van der Waals surface area contributed by atoms with Crippen LogP contribution in [0.2, 0.25) is 0 Å². The first-order chi connectivity index (χ1) is 11.3. The van der Waals surface area contributed by atoms with Crippen molar-refractivity contribution in [2.75, 3.05) is 16.7 Å². The Morgan fingerprint density at radius 1 is 1.33 bits per heavy atom. The van der Waals surface area contributed by atoms with Gasteiger partial charge in [0.05, 0.1) is 5.69 Å². The van der Waals surface area contributed by atoms with E-state index < -0.39 is 10.0 Å². The van der Waals surface area contributed by atoms with Crippen molar-refractivity contribution in [1.82, 2.24) is 10.2 Å². The lowest BCUT2D eigenvalue weighted by Gasteiger charge is -2.17. The Hall–Kier alpha value is -2.00. The summed E-state index contributed by atoms with van der Waals surface area (Å²) in [5.41, 5.74) is 1.49. The third-order valence-corrected chi connectivity index (χ3v) is 6.33. The van der Waals surface area contributed by atoms with Crippen LogP contribution in [0.3, 0.4) is 0 Å². The molecule has 1 amide bonds. The quantitative estimate of drug-likeness (QED) is 0.759. The molecule has 24 heavy (non-hydrogen) atoms. The topological polar surface area (TPSA) is 92.3 Å². The fourth-order valence-corrected chi connectivity index (χ4v) is 4.22. The van der Waals surface area contributed by atoms with E-state index in [0.29, 0.717) is 12.1 Å². The zero-order chi connectivity index (χ0) is 17.7. The van der Waals surface area contributed by atoms with Gasteiger partial charge >= 0.3 is 0 Å². The number of benzene rings is 1. The largest absolute Gasteiger partial charge is 0.301 e. The van der Waals surface area contributed by atoms with E-state index in [0.717, 1.165) is 34.0 Å². The number of nitrogens with zero attached hydrogens (tertiary/aromatic N) is 3. The molecule has 130 valence electrons. The molecule has 9 heteroatoms. The van der Waals surface area contributed by atoms with E-state index in [1.807, 2.05) is 19.9 Å². The molecule has 1 heterocycles. The summed E-state index contributed by atoms with van der Waals surface area (Å²) in [4.78, 5) is 11.7.